The van der Waals surface area contributed by atoms with E-state index >= 15 is 0 Å². The summed E-state index contributed by atoms with van der Waals surface area (Å²) in [6, 6.07) is -0.946. The van der Waals surface area contributed by atoms with Gasteiger partial charge in [0.2, 0.25) is 0 Å². The maximum Gasteiger partial charge on any atom is 0.346 e. The van der Waals surface area contributed by atoms with Gasteiger partial charge in [-0.1, -0.05) is 19.8 Å². The van der Waals surface area contributed by atoms with E-state index in [9.17, 15) is 14.4 Å². The highest BCUT2D eigenvalue weighted by atomic mass is 32.2. The van der Waals surface area contributed by atoms with Gasteiger partial charge in [-0.3, -0.25) is 4.79 Å². The molecule has 0 fully saturated rings. The van der Waals surface area contributed by atoms with Gasteiger partial charge in [-0.05, 0) is 19.6 Å². The fourth-order valence-electron chi connectivity index (χ4n) is 1.87. The molecule has 0 aliphatic carbocycles. The summed E-state index contributed by atoms with van der Waals surface area (Å²) in [5.41, 5.74) is 0.0514. The number of aliphatic carboxylic acids is 1. The summed E-state index contributed by atoms with van der Waals surface area (Å²) in [6.07, 6.45) is 3.61. The number of carboxylic acids is 1. The molecular weight excluding hydrogens is 294 g/mol. The number of rotatable bonds is 7. The highest BCUT2D eigenvalue weighted by Crippen LogP contribution is 2.18. The van der Waals surface area contributed by atoms with E-state index in [1.807, 2.05) is 6.92 Å². The van der Waals surface area contributed by atoms with Crippen molar-refractivity contribution in [3.63, 3.8) is 0 Å². The Bertz CT molecular complexity index is 585. The maximum atomic E-state index is 12.3. The lowest BCUT2D eigenvalue weighted by molar-refractivity contribution is -0.139. The molecule has 8 heteroatoms. The predicted molar refractivity (Wildman–Crippen MR) is 79.8 cm³/mol. The van der Waals surface area contributed by atoms with Crippen LogP contribution in [-0.4, -0.2) is 39.2 Å². The number of nitrogens with zero attached hydrogens (tertiary/aromatic N) is 1. The number of amides is 1. The second-order valence-corrected chi connectivity index (χ2v) is 5.35. The Balaban J connectivity index is 3.02. The average Bonchev–Trinajstić information content (AvgIpc) is 2.41. The third-order valence-corrected chi connectivity index (χ3v) is 3.64. The number of H-pyrrole nitrogens is 1. The summed E-state index contributed by atoms with van der Waals surface area (Å²) in [5.74, 6) is -1.61. The third kappa shape index (κ3) is 4.59. The first-order valence-electron chi connectivity index (χ1n) is 6.59. The van der Waals surface area contributed by atoms with Crippen LogP contribution in [0.4, 0.5) is 0 Å². The van der Waals surface area contributed by atoms with E-state index in [2.05, 4.69) is 15.3 Å². The summed E-state index contributed by atoms with van der Waals surface area (Å²) < 4.78 is 0. The van der Waals surface area contributed by atoms with Gasteiger partial charge < -0.3 is 15.4 Å². The molecule has 1 amide bonds. The number of thioether (sulfide) groups is 1. The standard InChI is InChI=1S/C13H19N3O4S/c1-4-5-6-8(12(18)19)15-10(17)9-7(2)14-13(20)16-11(9)21-3/h8H,4-6H2,1-3H3,(H,15,17)(H,18,19)(H,14,16,20). The fourth-order valence-corrected chi connectivity index (χ4v) is 2.49. The molecular formula is C13H19N3O4S. The van der Waals surface area contributed by atoms with Crippen molar-refractivity contribution < 1.29 is 14.7 Å². The molecule has 3 N–H and O–H groups in total. The zero-order valence-electron chi connectivity index (χ0n) is 12.2. The van der Waals surface area contributed by atoms with Gasteiger partial charge in [0.15, 0.2) is 0 Å². The number of carboxylic acid groups (broad SMARTS) is 1. The van der Waals surface area contributed by atoms with Gasteiger partial charge in [0, 0.05) is 5.69 Å². The molecule has 0 aliphatic heterocycles. The normalized spacial score (nSPS) is 12.0. The zero-order valence-corrected chi connectivity index (χ0v) is 13.0. The Morgan fingerprint density at radius 1 is 1.48 bits per heavy atom. The van der Waals surface area contributed by atoms with Crippen LogP contribution in [0.1, 0.15) is 42.2 Å². The molecule has 0 aliphatic rings. The van der Waals surface area contributed by atoms with Gasteiger partial charge >= 0.3 is 11.7 Å². The number of hydrogen-bond donors (Lipinski definition) is 3. The van der Waals surface area contributed by atoms with Crippen LogP contribution in [0.2, 0.25) is 0 Å². The minimum Gasteiger partial charge on any atom is -0.480 e. The number of aromatic amines is 1. The summed E-state index contributed by atoms with van der Waals surface area (Å²) in [7, 11) is 0. The van der Waals surface area contributed by atoms with E-state index in [4.69, 9.17) is 5.11 Å². The van der Waals surface area contributed by atoms with E-state index in [-0.39, 0.29) is 10.6 Å². The third-order valence-electron chi connectivity index (χ3n) is 2.96. The topological polar surface area (TPSA) is 112 Å². The minimum atomic E-state index is -1.07. The van der Waals surface area contributed by atoms with Gasteiger partial charge in [-0.2, -0.15) is 4.98 Å². The molecule has 0 saturated heterocycles. The molecule has 1 aromatic heterocycles. The molecule has 1 heterocycles. The van der Waals surface area contributed by atoms with Crippen LogP contribution < -0.4 is 11.0 Å². The second kappa shape index (κ2) is 7.82. The van der Waals surface area contributed by atoms with Crippen molar-refractivity contribution in [3.8, 4) is 0 Å². The number of aryl methyl sites for hydroxylation is 1. The molecule has 1 aromatic rings. The summed E-state index contributed by atoms with van der Waals surface area (Å²) in [5, 5.41) is 11.9. The van der Waals surface area contributed by atoms with Gasteiger partial charge in [-0.25, -0.2) is 9.59 Å². The first-order chi connectivity index (χ1) is 9.90. The van der Waals surface area contributed by atoms with E-state index in [1.165, 1.54) is 11.8 Å². The van der Waals surface area contributed by atoms with Gasteiger partial charge in [0.05, 0.1) is 5.56 Å². The molecule has 1 unspecified atom stereocenters. The summed E-state index contributed by atoms with van der Waals surface area (Å²) in [6.45, 7) is 3.53. The lowest BCUT2D eigenvalue weighted by Gasteiger charge is -2.16. The molecule has 21 heavy (non-hydrogen) atoms. The molecule has 1 atom stereocenters. The highest BCUT2D eigenvalue weighted by Gasteiger charge is 2.23. The largest absolute Gasteiger partial charge is 0.480 e. The van der Waals surface area contributed by atoms with Gasteiger partial charge in [0.1, 0.15) is 11.1 Å². The average molecular weight is 313 g/mol. The van der Waals surface area contributed by atoms with Crippen LogP contribution >= 0.6 is 11.8 Å². The first kappa shape index (κ1) is 17.2. The number of nitrogens with one attached hydrogen (secondary N) is 2. The SMILES string of the molecule is CCCCC(NC(=O)c1c(SC)nc(=O)[nH]c1C)C(=O)O. The van der Waals surface area contributed by atoms with Gasteiger partial charge in [-0.15, -0.1) is 11.8 Å². The quantitative estimate of drug-likeness (QED) is 0.514. The van der Waals surface area contributed by atoms with Crippen LogP contribution in [0.15, 0.2) is 9.82 Å². The number of unbranched alkanes of at least 4 members (excludes halogenated alkanes) is 1. The number of aromatic nitrogens is 2. The number of carbonyl (C=O) groups excluding carboxylic acids is 1. The van der Waals surface area contributed by atoms with Crippen LogP contribution in [0.25, 0.3) is 0 Å². The first-order valence-corrected chi connectivity index (χ1v) is 7.81. The van der Waals surface area contributed by atoms with Crippen molar-refractivity contribution in [3.05, 3.63) is 21.7 Å². The van der Waals surface area contributed by atoms with Crippen molar-refractivity contribution in [1.82, 2.24) is 15.3 Å². The van der Waals surface area contributed by atoms with Crippen molar-refractivity contribution in [1.29, 1.82) is 0 Å². The smallest absolute Gasteiger partial charge is 0.346 e. The van der Waals surface area contributed by atoms with Crippen LogP contribution in [-0.2, 0) is 4.79 Å². The molecule has 0 spiro atoms. The molecule has 1 rings (SSSR count). The monoisotopic (exact) mass is 313 g/mol. The zero-order chi connectivity index (χ0) is 16.0. The van der Waals surface area contributed by atoms with Crippen LogP contribution in [0.3, 0.4) is 0 Å². The molecule has 116 valence electrons. The van der Waals surface area contributed by atoms with Gasteiger partial charge in [0.25, 0.3) is 5.91 Å². The summed E-state index contributed by atoms with van der Waals surface area (Å²) >= 11 is 1.17. The molecule has 7 nitrogen and oxygen atoms in total. The van der Waals surface area contributed by atoms with E-state index < -0.39 is 23.6 Å². The lowest BCUT2D eigenvalue weighted by atomic mass is 10.1. The van der Waals surface area contributed by atoms with Crippen LogP contribution in [0.5, 0.6) is 0 Å². The predicted octanol–water partition coefficient (Wildman–Crippen LogP) is 1.17. The Labute approximate surface area is 126 Å². The number of hydrogen-bond acceptors (Lipinski definition) is 5. The van der Waals surface area contributed by atoms with E-state index in [0.29, 0.717) is 18.5 Å². The van der Waals surface area contributed by atoms with Crippen molar-refractivity contribution in [2.45, 2.75) is 44.2 Å². The Morgan fingerprint density at radius 3 is 2.67 bits per heavy atom. The maximum absolute atomic E-state index is 12.3. The highest BCUT2D eigenvalue weighted by molar-refractivity contribution is 7.98. The molecule has 0 aromatic carbocycles. The molecule has 0 radical (unpaired) electrons. The molecule has 0 bridgehead atoms. The minimum absolute atomic E-state index is 0.213. The fraction of sp³-hybridized carbons (Fsp3) is 0.538. The van der Waals surface area contributed by atoms with E-state index in [1.54, 1.807) is 13.2 Å². The molecule has 0 saturated carbocycles. The number of carbonyl (C=O) groups is 2. The summed E-state index contributed by atoms with van der Waals surface area (Å²) in [4.78, 5) is 41.0. The second-order valence-electron chi connectivity index (χ2n) is 4.56. The van der Waals surface area contributed by atoms with Crippen molar-refractivity contribution >= 4 is 23.6 Å². The van der Waals surface area contributed by atoms with Crippen molar-refractivity contribution in [2.75, 3.05) is 6.26 Å². The lowest BCUT2D eigenvalue weighted by Crippen LogP contribution is -2.41. The van der Waals surface area contributed by atoms with Crippen LogP contribution in [0, 0.1) is 6.92 Å². The van der Waals surface area contributed by atoms with E-state index in [0.717, 1.165) is 6.42 Å². The Kier molecular flexibility index (Phi) is 6.41. The van der Waals surface area contributed by atoms with Crippen molar-refractivity contribution in [2.24, 2.45) is 0 Å². The Morgan fingerprint density at radius 2 is 2.14 bits per heavy atom. The Hall–Kier alpha value is -1.83.